The number of halogens is 3. The van der Waals surface area contributed by atoms with Crippen molar-refractivity contribution in [3.63, 3.8) is 0 Å². The van der Waals surface area contributed by atoms with Crippen molar-refractivity contribution in [3.8, 4) is 0 Å². The van der Waals surface area contributed by atoms with E-state index in [1.165, 1.54) is 11.3 Å². The first-order chi connectivity index (χ1) is 13.5. The van der Waals surface area contributed by atoms with Gasteiger partial charge in [-0.05, 0) is 25.0 Å². The number of anilines is 1. The lowest BCUT2D eigenvalue weighted by atomic mass is 9.79. The Morgan fingerprint density at radius 1 is 1.04 bits per heavy atom. The molecule has 152 valence electrons. The largest absolute Gasteiger partial charge is 0.451 e. The van der Waals surface area contributed by atoms with Crippen molar-refractivity contribution >= 4 is 16.7 Å². The maximum Gasteiger partial charge on any atom is 0.451 e. The number of alkyl halides is 3. The summed E-state index contributed by atoms with van der Waals surface area (Å²) in [5.74, 6) is -0.819. The maximum atomic E-state index is 13.3. The van der Waals surface area contributed by atoms with Crippen LogP contribution in [0.25, 0.3) is 10.9 Å². The Balaban J connectivity index is 1.64. The molecule has 28 heavy (non-hydrogen) atoms. The summed E-state index contributed by atoms with van der Waals surface area (Å²) < 4.78 is 45.4. The normalized spacial score (nSPS) is 21.0. The summed E-state index contributed by atoms with van der Waals surface area (Å²) in [6, 6.07) is 6.86. The molecule has 2 heterocycles. The number of ether oxygens (including phenoxy) is 1. The lowest BCUT2D eigenvalue weighted by molar-refractivity contribution is -0.959. The molecule has 5 nitrogen and oxygen atoms in total. The summed E-state index contributed by atoms with van der Waals surface area (Å²) >= 11 is 0. The molecule has 1 aromatic carbocycles. The minimum atomic E-state index is -4.57. The molecule has 1 saturated heterocycles. The van der Waals surface area contributed by atoms with E-state index in [9.17, 15) is 13.2 Å². The molecule has 0 amide bonds. The second-order valence-electron chi connectivity index (χ2n) is 7.82. The van der Waals surface area contributed by atoms with Crippen molar-refractivity contribution < 1.29 is 22.8 Å². The Morgan fingerprint density at radius 3 is 2.46 bits per heavy atom. The van der Waals surface area contributed by atoms with Gasteiger partial charge in [0, 0.05) is 18.2 Å². The summed E-state index contributed by atoms with van der Waals surface area (Å²) in [4.78, 5) is 9.06. The second kappa shape index (κ2) is 7.83. The molecule has 1 aliphatic carbocycles. The molecule has 0 bridgehead atoms. The first-order valence-corrected chi connectivity index (χ1v) is 9.99. The highest BCUT2D eigenvalue weighted by molar-refractivity contribution is 5.89. The highest BCUT2D eigenvalue weighted by atomic mass is 19.4. The van der Waals surface area contributed by atoms with E-state index in [0.29, 0.717) is 17.4 Å². The van der Waals surface area contributed by atoms with Gasteiger partial charge in [0.2, 0.25) is 5.82 Å². The topological polar surface area (TPSA) is 51.5 Å². The molecule has 0 atom stereocenters. The van der Waals surface area contributed by atoms with Crippen LogP contribution >= 0.6 is 0 Å². The van der Waals surface area contributed by atoms with Crippen LogP contribution in [0.15, 0.2) is 24.3 Å². The number of para-hydroxylation sites is 1. The summed E-state index contributed by atoms with van der Waals surface area (Å²) in [5.41, 5.74) is 0.329. The Labute approximate surface area is 162 Å². The molecule has 2 aliphatic rings. The number of rotatable bonds is 4. The van der Waals surface area contributed by atoms with Gasteiger partial charge in [-0.25, -0.2) is 9.97 Å². The van der Waals surface area contributed by atoms with Crippen LogP contribution < -0.4 is 10.2 Å². The smallest absolute Gasteiger partial charge is 0.370 e. The number of hydrogen-bond acceptors (Lipinski definition) is 4. The van der Waals surface area contributed by atoms with Crippen LogP contribution in [-0.4, -0.2) is 48.4 Å². The molecule has 0 spiro atoms. The Kier molecular flexibility index (Phi) is 5.42. The minimum absolute atomic E-state index is 0.0203. The summed E-state index contributed by atoms with van der Waals surface area (Å²) in [5, 5.41) is 3.92. The van der Waals surface area contributed by atoms with Gasteiger partial charge in [-0.2, -0.15) is 13.2 Å². The molecule has 2 aromatic rings. The average Bonchev–Trinajstić information content (AvgIpc) is 2.72. The average molecular weight is 395 g/mol. The standard InChI is InChI=1S/C20H25F3N4O/c21-20(22,23)18-25-16-7-3-2-6-15(16)17(26-18)24-14-19(8-4-1-5-9-19)27-10-12-28-13-11-27/h2-3,6-7H,1,4-5,8-14H2,(H,24,25,26)/p+1. The van der Waals surface area contributed by atoms with E-state index in [2.05, 4.69) is 15.3 Å². The Hall–Kier alpha value is -1.93. The van der Waals surface area contributed by atoms with Gasteiger partial charge in [0.1, 0.15) is 24.4 Å². The third kappa shape index (κ3) is 3.93. The van der Waals surface area contributed by atoms with E-state index in [-0.39, 0.29) is 11.4 Å². The van der Waals surface area contributed by atoms with E-state index in [0.717, 1.165) is 52.0 Å². The van der Waals surface area contributed by atoms with E-state index in [4.69, 9.17) is 4.74 Å². The van der Waals surface area contributed by atoms with Crippen LogP contribution in [0.4, 0.5) is 19.0 Å². The van der Waals surface area contributed by atoms with Crippen LogP contribution in [0.2, 0.25) is 0 Å². The van der Waals surface area contributed by atoms with Crippen LogP contribution in [0.5, 0.6) is 0 Å². The predicted molar refractivity (Wildman–Crippen MR) is 100 cm³/mol. The predicted octanol–water partition coefficient (Wildman–Crippen LogP) is 2.68. The molecule has 2 fully saturated rings. The van der Waals surface area contributed by atoms with Crippen molar-refractivity contribution in [2.45, 2.75) is 43.8 Å². The number of benzene rings is 1. The minimum Gasteiger partial charge on any atom is -0.370 e. The highest BCUT2D eigenvalue weighted by Gasteiger charge is 2.43. The second-order valence-corrected chi connectivity index (χ2v) is 7.82. The van der Waals surface area contributed by atoms with Crippen molar-refractivity contribution in [3.05, 3.63) is 30.1 Å². The number of quaternary nitrogens is 1. The fourth-order valence-corrected chi connectivity index (χ4v) is 4.62. The summed E-state index contributed by atoms with van der Waals surface area (Å²) in [6.45, 7) is 3.98. The van der Waals surface area contributed by atoms with Crippen LogP contribution in [0, 0.1) is 0 Å². The van der Waals surface area contributed by atoms with Gasteiger partial charge in [0.25, 0.3) is 0 Å². The molecular formula is C20H26F3N4O+. The number of hydrogen-bond donors (Lipinski definition) is 2. The third-order valence-corrected chi connectivity index (χ3v) is 6.11. The van der Waals surface area contributed by atoms with Crippen molar-refractivity contribution in [2.24, 2.45) is 0 Å². The van der Waals surface area contributed by atoms with Gasteiger partial charge >= 0.3 is 6.18 Å². The quantitative estimate of drug-likeness (QED) is 0.836. The van der Waals surface area contributed by atoms with Crippen LogP contribution in [-0.2, 0) is 10.9 Å². The number of fused-ring (bicyclic) bond motifs is 1. The number of nitrogens with zero attached hydrogens (tertiary/aromatic N) is 2. The van der Waals surface area contributed by atoms with E-state index >= 15 is 0 Å². The van der Waals surface area contributed by atoms with Gasteiger partial charge < -0.3 is 15.0 Å². The Bertz CT molecular complexity index is 815. The Morgan fingerprint density at radius 2 is 1.75 bits per heavy atom. The molecule has 1 saturated carbocycles. The molecular weight excluding hydrogens is 369 g/mol. The third-order valence-electron chi connectivity index (χ3n) is 6.11. The lowest BCUT2D eigenvalue weighted by Crippen LogP contribution is -3.22. The first kappa shape index (κ1) is 19.4. The van der Waals surface area contributed by atoms with Crippen molar-refractivity contribution in [1.82, 2.24) is 9.97 Å². The number of aromatic nitrogens is 2. The zero-order valence-corrected chi connectivity index (χ0v) is 15.8. The summed E-state index contributed by atoms with van der Waals surface area (Å²) in [7, 11) is 0. The number of nitrogens with one attached hydrogen (secondary N) is 2. The van der Waals surface area contributed by atoms with E-state index < -0.39 is 12.0 Å². The SMILES string of the molecule is FC(F)(F)c1nc(NCC2([NH+]3CCOCC3)CCCCC2)c2ccccc2n1. The van der Waals surface area contributed by atoms with Gasteiger partial charge in [-0.1, -0.05) is 18.6 Å². The molecule has 2 N–H and O–H groups in total. The zero-order valence-electron chi connectivity index (χ0n) is 15.8. The van der Waals surface area contributed by atoms with Crippen molar-refractivity contribution in [2.75, 3.05) is 38.2 Å². The van der Waals surface area contributed by atoms with Gasteiger partial charge in [-0.15, -0.1) is 0 Å². The fourth-order valence-electron chi connectivity index (χ4n) is 4.62. The summed E-state index contributed by atoms with van der Waals surface area (Å²) in [6.07, 6.45) is 1.11. The molecule has 4 rings (SSSR count). The molecule has 0 unspecified atom stereocenters. The van der Waals surface area contributed by atoms with Gasteiger partial charge in [0.15, 0.2) is 0 Å². The molecule has 1 aliphatic heterocycles. The van der Waals surface area contributed by atoms with E-state index in [1.54, 1.807) is 24.3 Å². The highest BCUT2D eigenvalue weighted by Crippen LogP contribution is 2.31. The van der Waals surface area contributed by atoms with E-state index in [1.807, 2.05) is 0 Å². The lowest BCUT2D eigenvalue weighted by Gasteiger charge is -2.45. The van der Waals surface area contributed by atoms with Crippen molar-refractivity contribution in [1.29, 1.82) is 0 Å². The maximum absolute atomic E-state index is 13.3. The first-order valence-electron chi connectivity index (χ1n) is 9.99. The van der Waals surface area contributed by atoms with Gasteiger partial charge in [-0.3, -0.25) is 0 Å². The fraction of sp³-hybridized carbons (Fsp3) is 0.600. The molecule has 1 aromatic heterocycles. The number of morpholine rings is 1. The zero-order chi connectivity index (χ0) is 19.6. The van der Waals surface area contributed by atoms with Crippen LogP contribution in [0.1, 0.15) is 37.9 Å². The van der Waals surface area contributed by atoms with Crippen LogP contribution in [0.3, 0.4) is 0 Å². The molecule has 0 radical (unpaired) electrons. The monoisotopic (exact) mass is 395 g/mol. The molecule has 8 heteroatoms. The van der Waals surface area contributed by atoms with Gasteiger partial charge in [0.05, 0.1) is 25.3 Å².